The molecule has 1 rings (SSSR count). The van der Waals surface area contributed by atoms with Crippen molar-refractivity contribution < 1.29 is 0 Å². The molecule has 14 heavy (non-hydrogen) atoms. The van der Waals surface area contributed by atoms with Gasteiger partial charge >= 0.3 is 0 Å². The van der Waals surface area contributed by atoms with Crippen LogP contribution in [0.15, 0.2) is 6.20 Å². The first-order valence-corrected chi connectivity index (χ1v) is 5.61. The van der Waals surface area contributed by atoms with Crippen LogP contribution in [-0.2, 0) is 13.0 Å². The molecule has 0 aliphatic rings. The van der Waals surface area contributed by atoms with Gasteiger partial charge in [0.1, 0.15) is 0 Å². The minimum atomic E-state index is 0.257. The van der Waals surface area contributed by atoms with Gasteiger partial charge in [0.15, 0.2) is 0 Å². The van der Waals surface area contributed by atoms with Gasteiger partial charge in [-0.1, -0.05) is 6.92 Å². The topological polar surface area (TPSA) is 48.7 Å². The summed E-state index contributed by atoms with van der Waals surface area (Å²) < 4.78 is 0. The Morgan fingerprint density at radius 3 is 3.07 bits per heavy atom. The van der Waals surface area contributed by atoms with Crippen LogP contribution in [0.4, 0.5) is 0 Å². The number of hydrogen-bond acceptors (Lipinski definition) is 4. The molecular weight excluding hydrogens is 194 g/mol. The zero-order valence-electron chi connectivity index (χ0n) is 8.58. The summed E-state index contributed by atoms with van der Waals surface area (Å²) in [5, 5.41) is 12.9. The lowest BCUT2D eigenvalue weighted by Gasteiger charge is -2.07. The molecule has 0 saturated heterocycles. The van der Waals surface area contributed by atoms with Crippen LogP contribution in [0.25, 0.3) is 0 Å². The standard InChI is InChI=1S/C10H15N3S/c1-3-10-13-7-9(14-10)6-12-8(2)4-5-11/h7-8,12H,3-4,6H2,1-2H3. The summed E-state index contributed by atoms with van der Waals surface area (Å²) in [4.78, 5) is 5.51. The molecule has 0 spiro atoms. The van der Waals surface area contributed by atoms with Crippen molar-refractivity contribution in [2.45, 2.75) is 39.3 Å². The number of aromatic nitrogens is 1. The zero-order chi connectivity index (χ0) is 10.4. The number of hydrogen-bond donors (Lipinski definition) is 1. The number of nitrogens with zero attached hydrogens (tertiary/aromatic N) is 2. The third kappa shape index (κ3) is 3.44. The molecule has 0 saturated carbocycles. The molecular formula is C10H15N3S. The molecule has 0 aromatic carbocycles. The van der Waals surface area contributed by atoms with Crippen LogP contribution in [0.5, 0.6) is 0 Å². The van der Waals surface area contributed by atoms with Gasteiger partial charge in [-0.3, -0.25) is 0 Å². The largest absolute Gasteiger partial charge is 0.308 e. The summed E-state index contributed by atoms with van der Waals surface area (Å²) in [6, 6.07) is 2.40. The Balaban J connectivity index is 2.34. The van der Waals surface area contributed by atoms with Crippen LogP contribution in [0.1, 0.15) is 30.2 Å². The van der Waals surface area contributed by atoms with Crippen molar-refractivity contribution in [3.05, 3.63) is 16.1 Å². The van der Waals surface area contributed by atoms with E-state index in [1.54, 1.807) is 11.3 Å². The van der Waals surface area contributed by atoms with Crippen LogP contribution in [0.3, 0.4) is 0 Å². The molecule has 3 nitrogen and oxygen atoms in total. The van der Waals surface area contributed by atoms with Crippen LogP contribution in [-0.4, -0.2) is 11.0 Å². The Kier molecular flexibility index (Phi) is 4.57. The van der Waals surface area contributed by atoms with E-state index in [9.17, 15) is 0 Å². The van der Waals surface area contributed by atoms with Crippen molar-refractivity contribution in [3.8, 4) is 6.07 Å². The molecule has 0 amide bonds. The number of thiazole rings is 1. The van der Waals surface area contributed by atoms with Crippen LogP contribution in [0, 0.1) is 11.3 Å². The second kappa shape index (κ2) is 5.74. The van der Waals surface area contributed by atoms with E-state index in [2.05, 4.69) is 23.3 Å². The fraction of sp³-hybridized carbons (Fsp3) is 0.600. The van der Waals surface area contributed by atoms with Gasteiger partial charge in [0.25, 0.3) is 0 Å². The Labute approximate surface area is 88.8 Å². The van der Waals surface area contributed by atoms with Gasteiger partial charge in [-0.15, -0.1) is 11.3 Å². The lowest BCUT2D eigenvalue weighted by molar-refractivity contribution is 0.560. The predicted octanol–water partition coefficient (Wildman–Crippen LogP) is 2.10. The first kappa shape index (κ1) is 11.2. The first-order chi connectivity index (χ1) is 6.76. The quantitative estimate of drug-likeness (QED) is 0.808. The lowest BCUT2D eigenvalue weighted by Crippen LogP contribution is -2.24. The number of rotatable bonds is 5. The van der Waals surface area contributed by atoms with E-state index < -0.39 is 0 Å². The highest BCUT2D eigenvalue weighted by atomic mass is 32.1. The van der Waals surface area contributed by atoms with Gasteiger partial charge < -0.3 is 5.32 Å². The van der Waals surface area contributed by atoms with Gasteiger partial charge in [0.2, 0.25) is 0 Å². The highest BCUT2D eigenvalue weighted by molar-refractivity contribution is 7.11. The molecule has 0 bridgehead atoms. The van der Waals surface area contributed by atoms with E-state index in [0.29, 0.717) is 6.42 Å². The number of aryl methyl sites for hydroxylation is 1. The van der Waals surface area contributed by atoms with Gasteiger partial charge in [0, 0.05) is 23.7 Å². The second-order valence-electron chi connectivity index (χ2n) is 3.22. The van der Waals surface area contributed by atoms with Crippen LogP contribution in [0.2, 0.25) is 0 Å². The molecule has 1 N–H and O–H groups in total. The Hall–Kier alpha value is -0.920. The SMILES string of the molecule is CCc1ncc(CNC(C)CC#N)s1. The fourth-order valence-corrected chi connectivity index (χ4v) is 1.89. The molecule has 1 aromatic heterocycles. The van der Waals surface area contributed by atoms with Crippen molar-refractivity contribution in [1.82, 2.24) is 10.3 Å². The summed E-state index contributed by atoms with van der Waals surface area (Å²) in [7, 11) is 0. The third-order valence-corrected chi connectivity index (χ3v) is 3.07. The van der Waals surface area contributed by atoms with E-state index in [-0.39, 0.29) is 6.04 Å². The molecule has 0 fully saturated rings. The Bertz CT molecular complexity index is 313. The zero-order valence-corrected chi connectivity index (χ0v) is 9.40. The minimum Gasteiger partial charge on any atom is -0.308 e. The molecule has 1 heterocycles. The average molecular weight is 209 g/mol. The molecule has 4 heteroatoms. The van der Waals surface area contributed by atoms with Crippen molar-refractivity contribution in [3.63, 3.8) is 0 Å². The lowest BCUT2D eigenvalue weighted by atomic mass is 10.2. The molecule has 76 valence electrons. The van der Waals surface area contributed by atoms with Crippen LogP contribution < -0.4 is 5.32 Å². The average Bonchev–Trinajstić information content (AvgIpc) is 2.63. The highest BCUT2D eigenvalue weighted by Gasteiger charge is 2.03. The maximum absolute atomic E-state index is 8.48. The van der Waals surface area contributed by atoms with E-state index in [1.807, 2.05) is 13.1 Å². The molecule has 0 aliphatic carbocycles. The van der Waals surface area contributed by atoms with E-state index in [0.717, 1.165) is 13.0 Å². The normalized spacial score (nSPS) is 12.4. The first-order valence-electron chi connectivity index (χ1n) is 4.80. The van der Waals surface area contributed by atoms with E-state index in [1.165, 1.54) is 9.88 Å². The van der Waals surface area contributed by atoms with Crippen molar-refractivity contribution in [1.29, 1.82) is 5.26 Å². The molecule has 0 radical (unpaired) electrons. The van der Waals surface area contributed by atoms with Gasteiger partial charge in [-0.2, -0.15) is 5.26 Å². The fourth-order valence-electron chi connectivity index (χ4n) is 1.08. The maximum Gasteiger partial charge on any atom is 0.0925 e. The van der Waals surface area contributed by atoms with Crippen molar-refractivity contribution in [2.75, 3.05) is 0 Å². The highest BCUT2D eigenvalue weighted by Crippen LogP contribution is 2.13. The van der Waals surface area contributed by atoms with E-state index >= 15 is 0 Å². The van der Waals surface area contributed by atoms with Gasteiger partial charge in [-0.25, -0.2) is 4.98 Å². The van der Waals surface area contributed by atoms with Crippen LogP contribution >= 0.6 is 11.3 Å². The molecule has 1 aromatic rings. The number of nitriles is 1. The monoisotopic (exact) mass is 209 g/mol. The maximum atomic E-state index is 8.48. The van der Waals surface area contributed by atoms with Crippen molar-refractivity contribution in [2.24, 2.45) is 0 Å². The summed E-state index contributed by atoms with van der Waals surface area (Å²) >= 11 is 1.74. The predicted molar refractivity (Wildman–Crippen MR) is 58.0 cm³/mol. The molecule has 0 aliphatic heterocycles. The summed E-state index contributed by atoms with van der Waals surface area (Å²) in [6.45, 7) is 4.94. The Morgan fingerprint density at radius 1 is 1.71 bits per heavy atom. The smallest absolute Gasteiger partial charge is 0.0925 e. The van der Waals surface area contributed by atoms with Gasteiger partial charge in [-0.05, 0) is 13.3 Å². The molecule has 1 unspecified atom stereocenters. The summed E-state index contributed by atoms with van der Waals surface area (Å²) in [6.07, 6.45) is 3.47. The van der Waals surface area contributed by atoms with Crippen molar-refractivity contribution >= 4 is 11.3 Å². The van der Waals surface area contributed by atoms with Gasteiger partial charge in [0.05, 0.1) is 17.5 Å². The molecule has 1 atom stereocenters. The Morgan fingerprint density at radius 2 is 2.50 bits per heavy atom. The third-order valence-electron chi connectivity index (χ3n) is 1.93. The number of nitrogens with one attached hydrogen (secondary N) is 1. The summed E-state index contributed by atoms with van der Waals surface area (Å²) in [5.41, 5.74) is 0. The second-order valence-corrected chi connectivity index (χ2v) is 4.42. The van der Waals surface area contributed by atoms with E-state index in [4.69, 9.17) is 5.26 Å². The minimum absolute atomic E-state index is 0.257. The summed E-state index contributed by atoms with van der Waals surface area (Å²) in [5.74, 6) is 0.